The Morgan fingerprint density at radius 2 is 1.80 bits per heavy atom. The molecule has 0 fully saturated rings. The number of benzene rings is 3. The number of nitrogens with zero attached hydrogens (tertiary/aromatic N) is 1. The van der Waals surface area contributed by atoms with E-state index >= 15 is 0 Å². The fourth-order valence-corrected chi connectivity index (χ4v) is 5.43. The number of methoxy groups -OCH3 is 2. The summed E-state index contributed by atoms with van der Waals surface area (Å²) in [4.78, 5) is 32.4. The molecule has 0 saturated carbocycles. The number of H-pyrrole nitrogens is 1. The normalized spacial score (nSPS) is 18.1. The van der Waals surface area contributed by atoms with Crippen LogP contribution in [0.5, 0.6) is 11.5 Å². The second-order valence-corrected chi connectivity index (χ2v) is 8.89. The van der Waals surface area contributed by atoms with Gasteiger partial charge in [0.25, 0.3) is 5.91 Å². The Morgan fingerprint density at radius 1 is 1.03 bits per heavy atom. The van der Waals surface area contributed by atoms with Crippen molar-refractivity contribution >= 4 is 22.7 Å². The zero-order chi connectivity index (χ0) is 24.1. The van der Waals surface area contributed by atoms with Crippen LogP contribution in [0.3, 0.4) is 0 Å². The van der Waals surface area contributed by atoms with E-state index in [4.69, 9.17) is 9.47 Å². The average Bonchev–Trinajstić information content (AvgIpc) is 3.42. The molecule has 2 atom stereocenters. The first kappa shape index (κ1) is 21.3. The minimum Gasteiger partial charge on any atom is -0.493 e. The lowest BCUT2D eigenvalue weighted by Gasteiger charge is -2.37. The Labute approximate surface area is 202 Å². The van der Waals surface area contributed by atoms with Crippen molar-refractivity contribution in [1.29, 1.82) is 0 Å². The van der Waals surface area contributed by atoms with Crippen LogP contribution >= 0.6 is 0 Å². The lowest BCUT2D eigenvalue weighted by Crippen LogP contribution is -2.52. The number of rotatable bonds is 5. The van der Waals surface area contributed by atoms with Gasteiger partial charge in [-0.05, 0) is 41.0 Å². The molecule has 0 radical (unpaired) electrons. The fourth-order valence-electron chi connectivity index (χ4n) is 5.43. The van der Waals surface area contributed by atoms with E-state index in [0.717, 1.165) is 33.3 Å². The van der Waals surface area contributed by atoms with Gasteiger partial charge >= 0.3 is 0 Å². The Bertz CT molecular complexity index is 1470. The van der Waals surface area contributed by atoms with Gasteiger partial charge in [0.1, 0.15) is 6.04 Å². The molecule has 2 amide bonds. The van der Waals surface area contributed by atoms with Crippen LogP contribution in [0.1, 0.15) is 38.8 Å². The van der Waals surface area contributed by atoms with E-state index in [1.165, 1.54) is 0 Å². The first-order chi connectivity index (χ1) is 17.1. The Morgan fingerprint density at radius 3 is 2.63 bits per heavy atom. The molecule has 3 heterocycles. The summed E-state index contributed by atoms with van der Waals surface area (Å²) < 4.78 is 10.7. The van der Waals surface area contributed by atoms with E-state index < -0.39 is 6.04 Å². The number of hydrogen-bond donors (Lipinski definition) is 2. The summed E-state index contributed by atoms with van der Waals surface area (Å²) in [5.74, 6) is 0.943. The number of nitrogens with one attached hydrogen (secondary N) is 2. The Hall–Kier alpha value is -4.26. The minimum absolute atomic E-state index is 0.110. The zero-order valence-electron chi connectivity index (χ0n) is 19.5. The standard InChI is InChI=1S/C28H25N3O4/c1-34-23-12-11-16(13-24(23)35-2)15-29-27(32)22-14-20-17-7-5-6-10-21(17)30-25(20)26-18-8-3-4-9-19(18)28(33)31(22)26/h3-13,22,26,30H,14-15H2,1-2H3,(H,29,32). The van der Waals surface area contributed by atoms with Crippen LogP contribution in [0.25, 0.3) is 10.9 Å². The van der Waals surface area contributed by atoms with Gasteiger partial charge in [-0.2, -0.15) is 0 Å². The van der Waals surface area contributed by atoms with Crippen molar-refractivity contribution in [3.05, 3.63) is 94.7 Å². The van der Waals surface area contributed by atoms with E-state index in [1.807, 2.05) is 60.7 Å². The molecule has 2 unspecified atom stereocenters. The molecule has 0 spiro atoms. The summed E-state index contributed by atoms with van der Waals surface area (Å²) in [5, 5.41) is 4.14. The van der Waals surface area contributed by atoms with Crippen molar-refractivity contribution in [2.24, 2.45) is 0 Å². The average molecular weight is 468 g/mol. The van der Waals surface area contributed by atoms with Crippen LogP contribution < -0.4 is 14.8 Å². The molecule has 0 saturated heterocycles. The summed E-state index contributed by atoms with van der Waals surface area (Å²) in [6.07, 6.45) is 0.452. The summed E-state index contributed by atoms with van der Waals surface area (Å²) in [6.45, 7) is 0.316. The van der Waals surface area contributed by atoms with Crippen molar-refractivity contribution in [2.45, 2.75) is 25.0 Å². The highest BCUT2D eigenvalue weighted by Crippen LogP contribution is 2.46. The topological polar surface area (TPSA) is 83.7 Å². The molecule has 2 N–H and O–H groups in total. The van der Waals surface area contributed by atoms with Crippen molar-refractivity contribution in [1.82, 2.24) is 15.2 Å². The molecule has 7 nitrogen and oxygen atoms in total. The molecule has 6 rings (SSSR count). The number of carbonyl (C=O) groups is 2. The van der Waals surface area contributed by atoms with Crippen LogP contribution in [0.4, 0.5) is 0 Å². The first-order valence-electron chi connectivity index (χ1n) is 11.6. The number of carbonyl (C=O) groups excluding carboxylic acids is 2. The number of aromatic nitrogens is 1. The number of fused-ring (bicyclic) bond motifs is 7. The first-order valence-corrected chi connectivity index (χ1v) is 11.6. The maximum atomic E-state index is 13.6. The summed E-state index contributed by atoms with van der Waals surface area (Å²) in [5.41, 5.74) is 5.57. The maximum absolute atomic E-state index is 13.6. The molecule has 4 aromatic rings. The van der Waals surface area contributed by atoms with Gasteiger partial charge < -0.3 is 24.7 Å². The lowest BCUT2D eigenvalue weighted by molar-refractivity contribution is -0.126. The monoisotopic (exact) mass is 467 g/mol. The van der Waals surface area contributed by atoms with Crippen LogP contribution in [0, 0.1) is 0 Å². The smallest absolute Gasteiger partial charge is 0.255 e. The predicted octanol–water partition coefficient (Wildman–Crippen LogP) is 3.97. The van der Waals surface area contributed by atoms with Gasteiger partial charge in [0, 0.05) is 35.1 Å². The van der Waals surface area contributed by atoms with E-state index in [0.29, 0.717) is 30.0 Å². The molecule has 0 bridgehead atoms. The molecule has 0 aliphatic carbocycles. The molecular formula is C28H25N3O4. The third kappa shape index (κ3) is 3.26. The van der Waals surface area contributed by atoms with Gasteiger partial charge in [0.05, 0.1) is 20.3 Å². The second kappa shape index (κ2) is 8.20. The predicted molar refractivity (Wildman–Crippen MR) is 132 cm³/mol. The quantitative estimate of drug-likeness (QED) is 0.465. The van der Waals surface area contributed by atoms with Crippen LogP contribution in [0.15, 0.2) is 66.7 Å². The van der Waals surface area contributed by atoms with Crippen molar-refractivity contribution in [3.8, 4) is 11.5 Å². The highest BCUT2D eigenvalue weighted by molar-refractivity contribution is 6.03. The van der Waals surface area contributed by atoms with E-state index in [-0.39, 0.29) is 17.9 Å². The Kier molecular flexibility index (Phi) is 4.99. The third-order valence-corrected chi connectivity index (χ3v) is 7.07. The largest absolute Gasteiger partial charge is 0.493 e. The van der Waals surface area contributed by atoms with Crippen LogP contribution in [-0.2, 0) is 17.8 Å². The van der Waals surface area contributed by atoms with Gasteiger partial charge in [0.2, 0.25) is 5.91 Å². The number of ether oxygens (including phenoxy) is 2. The van der Waals surface area contributed by atoms with Gasteiger partial charge in [-0.3, -0.25) is 9.59 Å². The van der Waals surface area contributed by atoms with Crippen molar-refractivity contribution in [2.75, 3.05) is 14.2 Å². The molecular weight excluding hydrogens is 442 g/mol. The molecule has 35 heavy (non-hydrogen) atoms. The van der Waals surface area contributed by atoms with Crippen molar-refractivity contribution in [3.63, 3.8) is 0 Å². The SMILES string of the molecule is COc1ccc(CNC(=O)C2Cc3c([nH]c4ccccc34)C3c4ccccc4C(=O)N23)cc1OC. The molecule has 2 aliphatic rings. The second-order valence-electron chi connectivity index (χ2n) is 8.89. The number of amides is 2. The third-order valence-electron chi connectivity index (χ3n) is 7.07. The van der Waals surface area contributed by atoms with Crippen LogP contribution in [0.2, 0.25) is 0 Å². The molecule has 2 aliphatic heterocycles. The highest BCUT2D eigenvalue weighted by Gasteiger charge is 2.48. The van der Waals surface area contributed by atoms with E-state index in [1.54, 1.807) is 19.1 Å². The van der Waals surface area contributed by atoms with E-state index in [2.05, 4.69) is 16.4 Å². The van der Waals surface area contributed by atoms with Gasteiger partial charge in [-0.25, -0.2) is 0 Å². The van der Waals surface area contributed by atoms with Crippen LogP contribution in [-0.4, -0.2) is 42.0 Å². The number of hydrogen-bond acceptors (Lipinski definition) is 4. The van der Waals surface area contributed by atoms with Gasteiger partial charge in [-0.1, -0.05) is 42.5 Å². The number of aromatic amines is 1. The zero-order valence-corrected chi connectivity index (χ0v) is 19.5. The molecule has 7 heteroatoms. The summed E-state index contributed by atoms with van der Waals surface area (Å²) in [7, 11) is 3.17. The van der Waals surface area contributed by atoms with E-state index in [9.17, 15) is 9.59 Å². The molecule has 176 valence electrons. The van der Waals surface area contributed by atoms with Gasteiger partial charge in [-0.15, -0.1) is 0 Å². The van der Waals surface area contributed by atoms with Crippen molar-refractivity contribution < 1.29 is 19.1 Å². The Balaban J connectivity index is 1.36. The van der Waals surface area contributed by atoms with Gasteiger partial charge in [0.15, 0.2) is 11.5 Å². The summed E-state index contributed by atoms with van der Waals surface area (Å²) in [6, 6.07) is 20.4. The fraction of sp³-hybridized carbons (Fsp3) is 0.214. The lowest BCUT2D eigenvalue weighted by atomic mass is 9.90. The highest BCUT2D eigenvalue weighted by atomic mass is 16.5. The number of para-hydroxylation sites is 1. The maximum Gasteiger partial charge on any atom is 0.255 e. The minimum atomic E-state index is -0.619. The molecule has 3 aromatic carbocycles. The molecule has 1 aromatic heterocycles. The summed E-state index contributed by atoms with van der Waals surface area (Å²) >= 11 is 0.